The topological polar surface area (TPSA) is 64.6 Å². The Bertz CT molecular complexity index is 223. The predicted molar refractivity (Wildman–Crippen MR) is 48.6 cm³/mol. The number of hydrogen-bond donors (Lipinski definition) is 1. The number of hydrogen-bond acceptors (Lipinski definition) is 4. The van der Waals surface area contributed by atoms with E-state index in [0.717, 1.165) is 12.8 Å². The van der Waals surface area contributed by atoms with Crippen LogP contribution in [-0.2, 0) is 19.1 Å². The van der Waals surface area contributed by atoms with Gasteiger partial charge in [0, 0.05) is 12.6 Å². The molecule has 1 saturated carbocycles. The molecule has 0 aliphatic heterocycles. The second kappa shape index (κ2) is 4.95. The number of amides is 1. The number of carbonyl (C=O) groups excluding carboxylic acids is 2. The van der Waals surface area contributed by atoms with Crippen molar-refractivity contribution in [1.29, 1.82) is 0 Å². The molecule has 1 rings (SSSR count). The molecule has 5 nitrogen and oxygen atoms in total. The Kier molecular flexibility index (Phi) is 3.88. The Morgan fingerprint density at radius 3 is 2.57 bits per heavy atom. The quantitative estimate of drug-likeness (QED) is 0.509. The van der Waals surface area contributed by atoms with Crippen molar-refractivity contribution in [3.05, 3.63) is 0 Å². The molecule has 14 heavy (non-hydrogen) atoms. The molecule has 1 fully saturated rings. The van der Waals surface area contributed by atoms with Crippen LogP contribution in [0, 0.1) is 0 Å². The molecule has 0 unspecified atom stereocenters. The number of methoxy groups -OCH3 is 1. The summed E-state index contributed by atoms with van der Waals surface area (Å²) in [5, 5.41) is 2.56. The van der Waals surface area contributed by atoms with Gasteiger partial charge in [0.2, 0.25) is 0 Å². The van der Waals surface area contributed by atoms with E-state index < -0.39 is 11.9 Å². The standard InChI is InChI=1S/C9H15NO4/c1-3-14-7-4-6(5-7)10-8(11)9(12)13-2/h6-7H,3-5H2,1-2H3,(H,10,11). The van der Waals surface area contributed by atoms with Crippen LogP contribution in [0.15, 0.2) is 0 Å². The highest BCUT2D eigenvalue weighted by atomic mass is 16.5. The maximum absolute atomic E-state index is 11.0. The number of rotatable bonds is 3. The van der Waals surface area contributed by atoms with Crippen LogP contribution in [0.5, 0.6) is 0 Å². The van der Waals surface area contributed by atoms with E-state index in [4.69, 9.17) is 4.74 Å². The van der Waals surface area contributed by atoms with Crippen molar-refractivity contribution >= 4 is 11.9 Å². The lowest BCUT2D eigenvalue weighted by Crippen LogP contribution is -2.49. The molecule has 5 heteroatoms. The maximum Gasteiger partial charge on any atom is 0.396 e. The van der Waals surface area contributed by atoms with E-state index in [1.165, 1.54) is 7.11 Å². The van der Waals surface area contributed by atoms with Crippen LogP contribution in [0.2, 0.25) is 0 Å². The molecular formula is C9H15NO4. The van der Waals surface area contributed by atoms with Gasteiger partial charge in [-0.25, -0.2) is 4.79 Å². The summed E-state index contributed by atoms with van der Waals surface area (Å²) in [5.74, 6) is -1.52. The van der Waals surface area contributed by atoms with Gasteiger partial charge >= 0.3 is 11.9 Å². The van der Waals surface area contributed by atoms with E-state index in [2.05, 4.69) is 10.1 Å². The lowest BCUT2D eigenvalue weighted by atomic mass is 9.89. The van der Waals surface area contributed by atoms with Crippen LogP contribution in [0.1, 0.15) is 19.8 Å². The summed E-state index contributed by atoms with van der Waals surface area (Å²) < 4.78 is 9.58. The van der Waals surface area contributed by atoms with E-state index in [9.17, 15) is 9.59 Å². The van der Waals surface area contributed by atoms with Gasteiger partial charge in [0.25, 0.3) is 0 Å². The minimum atomic E-state index is -0.843. The zero-order valence-corrected chi connectivity index (χ0v) is 8.41. The predicted octanol–water partition coefficient (Wildman–Crippen LogP) is -0.157. The molecule has 1 aliphatic carbocycles. The molecule has 0 aromatic carbocycles. The Labute approximate surface area is 82.8 Å². The third-order valence-corrected chi connectivity index (χ3v) is 2.20. The fourth-order valence-electron chi connectivity index (χ4n) is 1.39. The van der Waals surface area contributed by atoms with Gasteiger partial charge in [0.05, 0.1) is 13.2 Å². The molecule has 0 spiro atoms. The van der Waals surface area contributed by atoms with Gasteiger partial charge in [0.15, 0.2) is 0 Å². The first-order valence-electron chi connectivity index (χ1n) is 4.67. The average Bonchev–Trinajstić information content (AvgIpc) is 2.13. The normalized spacial score (nSPS) is 25.0. The largest absolute Gasteiger partial charge is 0.462 e. The van der Waals surface area contributed by atoms with E-state index >= 15 is 0 Å². The summed E-state index contributed by atoms with van der Waals surface area (Å²) in [6, 6.07) is 0.0538. The van der Waals surface area contributed by atoms with Gasteiger partial charge in [-0.1, -0.05) is 0 Å². The van der Waals surface area contributed by atoms with Gasteiger partial charge in [-0.3, -0.25) is 4.79 Å². The fraction of sp³-hybridized carbons (Fsp3) is 0.778. The van der Waals surface area contributed by atoms with E-state index in [1.807, 2.05) is 6.92 Å². The highest BCUT2D eigenvalue weighted by Gasteiger charge is 2.32. The molecule has 0 aromatic rings. The second-order valence-electron chi connectivity index (χ2n) is 3.21. The Hall–Kier alpha value is -1.10. The van der Waals surface area contributed by atoms with Gasteiger partial charge in [-0.2, -0.15) is 0 Å². The minimum Gasteiger partial charge on any atom is -0.462 e. The van der Waals surface area contributed by atoms with Crippen LogP contribution >= 0.6 is 0 Å². The number of nitrogens with one attached hydrogen (secondary N) is 1. The van der Waals surface area contributed by atoms with Crippen molar-refractivity contribution < 1.29 is 19.1 Å². The van der Waals surface area contributed by atoms with Gasteiger partial charge < -0.3 is 14.8 Å². The molecule has 0 atom stereocenters. The van der Waals surface area contributed by atoms with Crippen LogP contribution in [0.3, 0.4) is 0 Å². The van der Waals surface area contributed by atoms with Crippen molar-refractivity contribution in [3.8, 4) is 0 Å². The molecular weight excluding hydrogens is 186 g/mol. The van der Waals surface area contributed by atoms with Crippen LogP contribution in [0.25, 0.3) is 0 Å². The highest BCUT2D eigenvalue weighted by Crippen LogP contribution is 2.22. The second-order valence-corrected chi connectivity index (χ2v) is 3.21. The third kappa shape index (κ3) is 2.70. The SMILES string of the molecule is CCOC1CC(NC(=O)C(=O)OC)C1. The Morgan fingerprint density at radius 1 is 1.43 bits per heavy atom. The van der Waals surface area contributed by atoms with E-state index in [0.29, 0.717) is 6.61 Å². The fourth-order valence-corrected chi connectivity index (χ4v) is 1.39. The average molecular weight is 201 g/mol. The molecule has 80 valence electrons. The molecule has 1 N–H and O–H groups in total. The molecule has 1 amide bonds. The molecule has 0 bridgehead atoms. The van der Waals surface area contributed by atoms with E-state index in [-0.39, 0.29) is 12.1 Å². The van der Waals surface area contributed by atoms with Gasteiger partial charge in [0.1, 0.15) is 0 Å². The van der Waals surface area contributed by atoms with Crippen molar-refractivity contribution in [2.45, 2.75) is 31.9 Å². The van der Waals surface area contributed by atoms with Crippen LogP contribution in [-0.4, -0.2) is 37.7 Å². The van der Waals surface area contributed by atoms with E-state index in [1.54, 1.807) is 0 Å². The van der Waals surface area contributed by atoms with Crippen LogP contribution in [0.4, 0.5) is 0 Å². The first kappa shape index (κ1) is 11.0. The number of esters is 1. The Morgan fingerprint density at radius 2 is 2.07 bits per heavy atom. The lowest BCUT2D eigenvalue weighted by Gasteiger charge is -2.34. The smallest absolute Gasteiger partial charge is 0.396 e. The summed E-state index contributed by atoms with van der Waals surface area (Å²) in [5.41, 5.74) is 0. The molecule has 0 radical (unpaired) electrons. The van der Waals surface area contributed by atoms with Crippen molar-refractivity contribution in [2.24, 2.45) is 0 Å². The van der Waals surface area contributed by atoms with Gasteiger partial charge in [-0.15, -0.1) is 0 Å². The Balaban J connectivity index is 2.16. The minimum absolute atomic E-state index is 0.0538. The number of ether oxygens (including phenoxy) is 2. The highest BCUT2D eigenvalue weighted by molar-refractivity contribution is 6.32. The lowest BCUT2D eigenvalue weighted by molar-refractivity contribution is -0.153. The number of carbonyl (C=O) groups is 2. The maximum atomic E-state index is 11.0. The first-order chi connectivity index (χ1) is 6.67. The van der Waals surface area contributed by atoms with Crippen molar-refractivity contribution in [2.75, 3.05) is 13.7 Å². The van der Waals surface area contributed by atoms with Crippen molar-refractivity contribution in [3.63, 3.8) is 0 Å². The molecule has 1 aliphatic rings. The van der Waals surface area contributed by atoms with Crippen LogP contribution < -0.4 is 5.32 Å². The summed E-state index contributed by atoms with van der Waals surface area (Å²) in [7, 11) is 1.19. The summed E-state index contributed by atoms with van der Waals surface area (Å²) in [4.78, 5) is 21.7. The molecule has 0 heterocycles. The van der Waals surface area contributed by atoms with Crippen molar-refractivity contribution in [1.82, 2.24) is 5.32 Å². The third-order valence-electron chi connectivity index (χ3n) is 2.20. The summed E-state index contributed by atoms with van der Waals surface area (Å²) >= 11 is 0. The summed E-state index contributed by atoms with van der Waals surface area (Å²) in [6.07, 6.45) is 1.77. The summed E-state index contributed by atoms with van der Waals surface area (Å²) in [6.45, 7) is 2.61. The zero-order valence-electron chi connectivity index (χ0n) is 8.41. The molecule has 0 aromatic heterocycles. The monoisotopic (exact) mass is 201 g/mol. The van der Waals surface area contributed by atoms with Gasteiger partial charge in [-0.05, 0) is 19.8 Å². The molecule has 0 saturated heterocycles. The first-order valence-corrected chi connectivity index (χ1v) is 4.67. The zero-order chi connectivity index (χ0) is 10.6.